The lowest BCUT2D eigenvalue weighted by atomic mass is 10.0. The van der Waals surface area contributed by atoms with Crippen LogP contribution in [0.3, 0.4) is 0 Å². The zero-order chi connectivity index (χ0) is 17.8. The number of halogens is 1. The minimum Gasteiger partial charge on any atom is -0.319 e. The molecule has 25 heavy (non-hydrogen) atoms. The number of rotatable bonds is 3. The monoisotopic (exact) mass is 348 g/mol. The van der Waals surface area contributed by atoms with Crippen molar-refractivity contribution in [2.45, 2.75) is 6.92 Å². The number of azo groups is 1. The fourth-order valence-corrected chi connectivity index (χ4v) is 2.53. The van der Waals surface area contributed by atoms with E-state index in [-0.39, 0.29) is 5.56 Å². The summed E-state index contributed by atoms with van der Waals surface area (Å²) < 4.78 is 0. The van der Waals surface area contributed by atoms with Crippen molar-refractivity contribution >= 4 is 23.0 Å². The van der Waals surface area contributed by atoms with E-state index < -0.39 is 5.56 Å². The van der Waals surface area contributed by atoms with Crippen LogP contribution in [0.5, 0.6) is 0 Å². The third-order valence-electron chi connectivity index (χ3n) is 3.70. The summed E-state index contributed by atoms with van der Waals surface area (Å²) in [5.41, 5.74) is 2.47. The zero-order valence-corrected chi connectivity index (χ0v) is 14.1. The summed E-state index contributed by atoms with van der Waals surface area (Å²) in [6.45, 7) is 1.69. The summed E-state index contributed by atoms with van der Waals surface area (Å²) in [4.78, 5) is 14.9. The predicted octanol–water partition coefficient (Wildman–Crippen LogP) is 5.29. The molecule has 0 amide bonds. The third-order valence-corrected chi connectivity index (χ3v) is 3.95. The minimum atomic E-state index is -0.440. The van der Waals surface area contributed by atoms with Gasteiger partial charge in [0.25, 0.3) is 5.56 Å². The summed E-state index contributed by atoms with van der Waals surface area (Å²) in [5, 5.41) is 18.3. The van der Waals surface area contributed by atoms with E-state index >= 15 is 0 Å². The fraction of sp³-hybridized carbons (Fsp3) is 0.0526. The van der Waals surface area contributed by atoms with Gasteiger partial charge in [0.1, 0.15) is 17.3 Å². The molecule has 1 aromatic heterocycles. The van der Waals surface area contributed by atoms with Crippen LogP contribution in [0.25, 0.3) is 11.3 Å². The van der Waals surface area contributed by atoms with Crippen LogP contribution in [0.2, 0.25) is 5.02 Å². The highest BCUT2D eigenvalue weighted by molar-refractivity contribution is 6.30. The van der Waals surface area contributed by atoms with Gasteiger partial charge in [-0.25, -0.2) is 0 Å². The molecule has 0 fully saturated rings. The van der Waals surface area contributed by atoms with Crippen LogP contribution in [0, 0.1) is 18.3 Å². The molecule has 1 heterocycles. The Morgan fingerprint density at radius 2 is 1.72 bits per heavy atom. The Bertz CT molecular complexity index is 1030. The van der Waals surface area contributed by atoms with Gasteiger partial charge < -0.3 is 4.98 Å². The van der Waals surface area contributed by atoms with Crippen molar-refractivity contribution in [2.75, 3.05) is 0 Å². The number of benzene rings is 2. The second-order valence-electron chi connectivity index (χ2n) is 5.33. The molecular weight excluding hydrogens is 336 g/mol. The minimum absolute atomic E-state index is 0.0322. The van der Waals surface area contributed by atoms with Gasteiger partial charge in [-0.15, -0.1) is 5.11 Å². The molecule has 0 atom stereocenters. The number of hydrogen-bond donors (Lipinski definition) is 1. The molecule has 5 nitrogen and oxygen atoms in total. The first-order chi connectivity index (χ1) is 12.1. The standard InChI is InChI=1S/C19H13ClN4O/c1-12-16(11-21)19(25)22-18(13-5-3-2-4-6-13)17(12)24-23-15-9-7-14(20)8-10-15/h2-10H,1H3,(H,22,25)/b24-23+. The maximum absolute atomic E-state index is 12.2. The molecular formula is C19H13ClN4O. The van der Waals surface area contributed by atoms with E-state index in [0.717, 1.165) is 5.56 Å². The zero-order valence-electron chi connectivity index (χ0n) is 13.3. The van der Waals surface area contributed by atoms with Crippen LogP contribution in [0.15, 0.2) is 69.6 Å². The van der Waals surface area contributed by atoms with E-state index in [1.165, 1.54) is 0 Å². The normalized spacial score (nSPS) is 10.8. The summed E-state index contributed by atoms with van der Waals surface area (Å²) in [6.07, 6.45) is 0. The first-order valence-electron chi connectivity index (χ1n) is 7.50. The Morgan fingerprint density at radius 1 is 1.04 bits per heavy atom. The number of nitrogens with one attached hydrogen (secondary N) is 1. The lowest BCUT2D eigenvalue weighted by Gasteiger charge is -2.09. The Hall–Kier alpha value is -3.23. The molecule has 0 spiro atoms. The molecule has 6 heteroatoms. The molecule has 3 aromatic rings. The Kier molecular flexibility index (Phi) is 4.73. The molecule has 0 aliphatic carbocycles. The average molecular weight is 349 g/mol. The van der Waals surface area contributed by atoms with Crippen LogP contribution in [-0.4, -0.2) is 4.98 Å². The highest BCUT2D eigenvalue weighted by atomic mass is 35.5. The van der Waals surface area contributed by atoms with E-state index in [9.17, 15) is 10.1 Å². The molecule has 0 saturated carbocycles. The number of H-pyrrole nitrogens is 1. The van der Waals surface area contributed by atoms with E-state index in [1.807, 2.05) is 36.4 Å². The van der Waals surface area contributed by atoms with Gasteiger partial charge in [-0.2, -0.15) is 10.4 Å². The topological polar surface area (TPSA) is 81.4 Å². The van der Waals surface area contributed by atoms with Crippen LogP contribution < -0.4 is 5.56 Å². The largest absolute Gasteiger partial charge is 0.319 e. The number of nitriles is 1. The molecule has 3 rings (SSSR count). The molecule has 0 unspecified atom stereocenters. The molecule has 0 aliphatic heterocycles. The SMILES string of the molecule is Cc1c(/N=N/c2ccc(Cl)cc2)c(-c2ccccc2)[nH]c(=O)c1C#N. The molecule has 1 N–H and O–H groups in total. The second-order valence-corrected chi connectivity index (χ2v) is 5.77. The Balaban J connectivity index is 2.18. The number of pyridine rings is 1. The van der Waals surface area contributed by atoms with Gasteiger partial charge in [0, 0.05) is 16.1 Å². The summed E-state index contributed by atoms with van der Waals surface area (Å²) in [5.74, 6) is 0. The molecule has 122 valence electrons. The molecule has 0 aliphatic rings. The maximum atomic E-state index is 12.2. The van der Waals surface area contributed by atoms with E-state index in [4.69, 9.17) is 11.6 Å². The van der Waals surface area contributed by atoms with Gasteiger partial charge in [-0.3, -0.25) is 4.79 Å². The van der Waals surface area contributed by atoms with Crippen molar-refractivity contribution in [2.24, 2.45) is 10.2 Å². The highest BCUT2D eigenvalue weighted by Crippen LogP contribution is 2.32. The summed E-state index contributed by atoms with van der Waals surface area (Å²) in [6, 6.07) is 18.2. The fourth-order valence-electron chi connectivity index (χ4n) is 2.40. The molecule has 2 aromatic carbocycles. The van der Waals surface area contributed by atoms with Crippen LogP contribution >= 0.6 is 11.6 Å². The van der Waals surface area contributed by atoms with Crippen molar-refractivity contribution in [3.05, 3.63) is 81.1 Å². The van der Waals surface area contributed by atoms with E-state index in [2.05, 4.69) is 15.2 Å². The first kappa shape index (κ1) is 16.6. The number of aromatic nitrogens is 1. The van der Waals surface area contributed by atoms with E-state index in [1.54, 1.807) is 31.2 Å². The summed E-state index contributed by atoms with van der Waals surface area (Å²) in [7, 11) is 0. The number of nitrogens with zero attached hydrogens (tertiary/aromatic N) is 3. The van der Waals surface area contributed by atoms with Gasteiger partial charge in [-0.05, 0) is 31.2 Å². The van der Waals surface area contributed by atoms with Crippen molar-refractivity contribution in [1.29, 1.82) is 5.26 Å². The molecule has 0 radical (unpaired) electrons. The van der Waals surface area contributed by atoms with Crippen LogP contribution in [-0.2, 0) is 0 Å². The molecule has 0 bridgehead atoms. The van der Waals surface area contributed by atoms with Crippen molar-refractivity contribution in [1.82, 2.24) is 4.98 Å². The van der Waals surface area contributed by atoms with Crippen molar-refractivity contribution < 1.29 is 0 Å². The van der Waals surface area contributed by atoms with Crippen molar-refractivity contribution in [3.8, 4) is 17.3 Å². The number of aromatic amines is 1. The van der Waals surface area contributed by atoms with Crippen LogP contribution in [0.1, 0.15) is 11.1 Å². The number of hydrogen-bond acceptors (Lipinski definition) is 4. The average Bonchev–Trinajstić information content (AvgIpc) is 2.63. The second kappa shape index (κ2) is 7.12. The summed E-state index contributed by atoms with van der Waals surface area (Å²) >= 11 is 5.87. The van der Waals surface area contributed by atoms with Gasteiger partial charge in [0.15, 0.2) is 0 Å². The lowest BCUT2D eigenvalue weighted by molar-refractivity contribution is 1.13. The smallest absolute Gasteiger partial charge is 0.266 e. The first-order valence-corrected chi connectivity index (χ1v) is 7.87. The molecule has 0 saturated heterocycles. The Labute approximate surface area is 149 Å². The maximum Gasteiger partial charge on any atom is 0.266 e. The van der Waals surface area contributed by atoms with Gasteiger partial charge in [-0.1, -0.05) is 41.9 Å². The quantitative estimate of drug-likeness (QED) is 0.652. The highest BCUT2D eigenvalue weighted by Gasteiger charge is 2.15. The Morgan fingerprint density at radius 3 is 2.36 bits per heavy atom. The van der Waals surface area contributed by atoms with Gasteiger partial charge in [0.2, 0.25) is 0 Å². The van der Waals surface area contributed by atoms with E-state index in [0.29, 0.717) is 27.7 Å². The van der Waals surface area contributed by atoms with Crippen molar-refractivity contribution in [3.63, 3.8) is 0 Å². The predicted molar refractivity (Wildman–Crippen MR) is 97.6 cm³/mol. The van der Waals surface area contributed by atoms with Crippen LogP contribution in [0.4, 0.5) is 11.4 Å². The van der Waals surface area contributed by atoms with Gasteiger partial charge in [0.05, 0.1) is 11.4 Å². The lowest BCUT2D eigenvalue weighted by Crippen LogP contribution is -2.13. The third kappa shape index (κ3) is 3.49. The van der Waals surface area contributed by atoms with Gasteiger partial charge >= 0.3 is 0 Å².